The Balaban J connectivity index is 2.46. The zero-order chi connectivity index (χ0) is 13.0. The van der Waals surface area contributed by atoms with Crippen molar-refractivity contribution < 1.29 is 19.3 Å². The molecule has 1 heterocycles. The van der Waals surface area contributed by atoms with Crippen LogP contribution < -0.4 is 14.2 Å². The normalized spacial score (nSPS) is 14.2. The number of hydrogen-bond donors (Lipinski definition) is 1. The smallest absolute Gasteiger partial charge is 0.168 e. The Bertz CT molecular complexity index is 420. The van der Waals surface area contributed by atoms with Crippen molar-refractivity contribution >= 4 is 15.9 Å². The molecule has 2 rings (SSSR count). The summed E-state index contributed by atoms with van der Waals surface area (Å²) in [5.74, 6) is 2.25. The summed E-state index contributed by atoms with van der Waals surface area (Å²) < 4.78 is 17.7. The van der Waals surface area contributed by atoms with Gasteiger partial charge < -0.3 is 19.3 Å². The van der Waals surface area contributed by atoms with E-state index in [2.05, 4.69) is 15.9 Å². The summed E-state index contributed by atoms with van der Waals surface area (Å²) in [4.78, 5) is 0. The molecule has 100 valence electrons. The summed E-state index contributed by atoms with van der Waals surface area (Å²) in [6.45, 7) is 1.44. The average molecular weight is 317 g/mol. The number of fused-ring (bicyclic) bond motifs is 1. The van der Waals surface area contributed by atoms with Gasteiger partial charge in [-0.25, -0.2) is 0 Å². The maximum Gasteiger partial charge on any atom is 0.168 e. The Morgan fingerprint density at radius 2 is 2.17 bits per heavy atom. The van der Waals surface area contributed by atoms with Gasteiger partial charge in [-0.1, -0.05) is 0 Å². The van der Waals surface area contributed by atoms with Crippen molar-refractivity contribution in [1.82, 2.24) is 0 Å². The molecule has 0 amide bonds. The summed E-state index contributed by atoms with van der Waals surface area (Å²) in [5.41, 5.74) is 0.956. The van der Waals surface area contributed by atoms with Gasteiger partial charge >= 0.3 is 0 Å². The van der Waals surface area contributed by atoms with Gasteiger partial charge in [0.25, 0.3) is 0 Å². The van der Waals surface area contributed by atoms with Crippen molar-refractivity contribution in [1.29, 1.82) is 0 Å². The molecule has 0 atom stereocenters. The van der Waals surface area contributed by atoms with Crippen LogP contribution in [0.4, 0.5) is 0 Å². The second-order valence-electron chi connectivity index (χ2n) is 4.08. The Morgan fingerprint density at radius 1 is 1.39 bits per heavy atom. The third-order valence-corrected chi connectivity index (χ3v) is 3.42. The minimum Gasteiger partial charge on any atom is -0.495 e. The fraction of sp³-hybridized carbons (Fsp3) is 0.538. The average Bonchev–Trinajstić information content (AvgIpc) is 2.60. The van der Waals surface area contributed by atoms with E-state index in [0.29, 0.717) is 26.1 Å². The first-order valence-electron chi connectivity index (χ1n) is 6.03. The number of benzene rings is 1. The summed E-state index contributed by atoms with van der Waals surface area (Å²) in [7, 11) is 1.63. The third-order valence-electron chi connectivity index (χ3n) is 2.83. The fourth-order valence-corrected chi connectivity index (χ4v) is 2.64. The van der Waals surface area contributed by atoms with Crippen LogP contribution in [-0.2, 0) is 6.42 Å². The molecule has 5 heteroatoms. The lowest BCUT2D eigenvalue weighted by atomic mass is 10.1. The van der Waals surface area contributed by atoms with Crippen molar-refractivity contribution in [3.8, 4) is 17.2 Å². The molecule has 0 fully saturated rings. The molecule has 1 aliphatic rings. The number of methoxy groups -OCH3 is 1. The van der Waals surface area contributed by atoms with Gasteiger partial charge in [-0.15, -0.1) is 0 Å². The Hall–Kier alpha value is -0.940. The third kappa shape index (κ3) is 2.72. The van der Waals surface area contributed by atoms with E-state index in [-0.39, 0.29) is 6.61 Å². The Morgan fingerprint density at radius 3 is 2.89 bits per heavy atom. The van der Waals surface area contributed by atoms with E-state index in [1.165, 1.54) is 0 Å². The quantitative estimate of drug-likeness (QED) is 0.927. The molecule has 1 aromatic rings. The predicted molar refractivity (Wildman–Crippen MR) is 71.7 cm³/mol. The highest BCUT2D eigenvalue weighted by atomic mass is 79.9. The number of aliphatic hydroxyl groups is 1. The van der Waals surface area contributed by atoms with E-state index in [9.17, 15) is 0 Å². The highest BCUT2D eigenvalue weighted by Crippen LogP contribution is 2.44. The molecule has 0 aromatic heterocycles. The second kappa shape index (κ2) is 6.29. The number of halogens is 1. The van der Waals surface area contributed by atoms with Crippen LogP contribution in [0.3, 0.4) is 0 Å². The molecule has 0 bridgehead atoms. The minimum atomic E-state index is 0.144. The number of rotatable bonds is 4. The molecule has 1 aromatic carbocycles. The van der Waals surface area contributed by atoms with Gasteiger partial charge in [-0.05, 0) is 28.8 Å². The van der Waals surface area contributed by atoms with Crippen LogP contribution in [0.15, 0.2) is 10.5 Å². The predicted octanol–water partition coefficient (Wildman–Crippen LogP) is 2.54. The van der Waals surface area contributed by atoms with Crippen molar-refractivity contribution in [3.05, 3.63) is 16.1 Å². The van der Waals surface area contributed by atoms with E-state index < -0.39 is 0 Å². The fourth-order valence-electron chi connectivity index (χ4n) is 2.03. The highest BCUT2D eigenvalue weighted by Gasteiger charge is 2.21. The van der Waals surface area contributed by atoms with Crippen LogP contribution in [0.1, 0.15) is 18.4 Å². The van der Waals surface area contributed by atoms with Gasteiger partial charge in [0.1, 0.15) is 5.75 Å². The standard InChI is InChI=1S/C13H17BrO4/c1-16-12-9(4-2-5-15)13-11(8-10(12)14)17-6-3-7-18-13/h8,15H,2-7H2,1H3. The first-order valence-corrected chi connectivity index (χ1v) is 6.83. The van der Waals surface area contributed by atoms with Crippen molar-refractivity contribution in [2.75, 3.05) is 26.9 Å². The molecular weight excluding hydrogens is 300 g/mol. The van der Waals surface area contributed by atoms with Crippen molar-refractivity contribution in [2.24, 2.45) is 0 Å². The molecule has 0 aliphatic carbocycles. The maximum atomic E-state index is 9.00. The topological polar surface area (TPSA) is 47.9 Å². The lowest BCUT2D eigenvalue weighted by Crippen LogP contribution is -2.02. The lowest BCUT2D eigenvalue weighted by Gasteiger charge is -2.17. The van der Waals surface area contributed by atoms with Crippen LogP contribution in [0.2, 0.25) is 0 Å². The number of hydrogen-bond acceptors (Lipinski definition) is 4. The molecule has 1 aliphatic heterocycles. The van der Waals surface area contributed by atoms with E-state index in [4.69, 9.17) is 19.3 Å². The van der Waals surface area contributed by atoms with E-state index in [1.807, 2.05) is 6.07 Å². The Kier molecular flexibility index (Phi) is 4.72. The first-order chi connectivity index (χ1) is 8.77. The number of ether oxygens (including phenoxy) is 3. The Labute approximate surface area is 115 Å². The van der Waals surface area contributed by atoms with Crippen LogP contribution in [-0.4, -0.2) is 32.0 Å². The molecule has 0 spiro atoms. The van der Waals surface area contributed by atoms with E-state index >= 15 is 0 Å². The van der Waals surface area contributed by atoms with E-state index in [0.717, 1.165) is 33.7 Å². The molecule has 1 N–H and O–H groups in total. The summed E-state index contributed by atoms with van der Waals surface area (Å²) in [6.07, 6.45) is 2.24. The van der Waals surface area contributed by atoms with Crippen LogP contribution in [0, 0.1) is 0 Å². The van der Waals surface area contributed by atoms with E-state index in [1.54, 1.807) is 7.11 Å². The zero-order valence-corrected chi connectivity index (χ0v) is 12.0. The molecular formula is C13H17BrO4. The van der Waals surface area contributed by atoms with Gasteiger partial charge in [-0.2, -0.15) is 0 Å². The van der Waals surface area contributed by atoms with Gasteiger partial charge in [0.15, 0.2) is 11.5 Å². The molecule has 0 saturated carbocycles. The minimum absolute atomic E-state index is 0.144. The van der Waals surface area contributed by atoms with Gasteiger partial charge in [0.05, 0.1) is 24.8 Å². The summed E-state index contributed by atoms with van der Waals surface area (Å²) in [6, 6.07) is 1.88. The van der Waals surface area contributed by atoms with Crippen molar-refractivity contribution in [2.45, 2.75) is 19.3 Å². The number of aliphatic hydroxyl groups excluding tert-OH is 1. The molecule has 0 saturated heterocycles. The lowest BCUT2D eigenvalue weighted by molar-refractivity contribution is 0.283. The summed E-state index contributed by atoms with van der Waals surface area (Å²) in [5, 5.41) is 9.00. The SMILES string of the molecule is COc1c(Br)cc2c(c1CCCO)OCCCO2. The molecule has 0 radical (unpaired) electrons. The van der Waals surface area contributed by atoms with Gasteiger partial charge in [0, 0.05) is 24.7 Å². The van der Waals surface area contributed by atoms with Gasteiger partial charge in [0.2, 0.25) is 0 Å². The van der Waals surface area contributed by atoms with Crippen LogP contribution >= 0.6 is 15.9 Å². The maximum absolute atomic E-state index is 9.00. The van der Waals surface area contributed by atoms with Gasteiger partial charge in [-0.3, -0.25) is 0 Å². The van der Waals surface area contributed by atoms with Crippen LogP contribution in [0.25, 0.3) is 0 Å². The summed E-state index contributed by atoms with van der Waals surface area (Å²) >= 11 is 3.48. The molecule has 4 nitrogen and oxygen atoms in total. The molecule has 0 unspecified atom stereocenters. The zero-order valence-electron chi connectivity index (χ0n) is 10.4. The van der Waals surface area contributed by atoms with Crippen molar-refractivity contribution in [3.63, 3.8) is 0 Å². The molecule has 18 heavy (non-hydrogen) atoms. The van der Waals surface area contributed by atoms with Crippen LogP contribution in [0.5, 0.6) is 17.2 Å². The highest BCUT2D eigenvalue weighted by molar-refractivity contribution is 9.10. The second-order valence-corrected chi connectivity index (χ2v) is 4.93. The largest absolute Gasteiger partial charge is 0.495 e. The monoisotopic (exact) mass is 316 g/mol. The first kappa shape index (κ1) is 13.5.